The quantitative estimate of drug-likeness (QED) is 0.339. The molecule has 1 radical (unpaired) electrons. The van der Waals surface area contributed by atoms with Crippen molar-refractivity contribution in [2.24, 2.45) is 0 Å². The van der Waals surface area contributed by atoms with Gasteiger partial charge in [-0.25, -0.2) is 13.9 Å². The van der Waals surface area contributed by atoms with Crippen molar-refractivity contribution in [1.29, 1.82) is 0 Å². The first-order chi connectivity index (χ1) is 18.4. The minimum Gasteiger partial charge on any atom is -0.427 e. The highest BCUT2D eigenvalue weighted by atomic mass is 32.1. The van der Waals surface area contributed by atoms with Crippen LogP contribution in [0.25, 0.3) is 16.9 Å². The van der Waals surface area contributed by atoms with E-state index in [0.717, 1.165) is 12.1 Å². The summed E-state index contributed by atoms with van der Waals surface area (Å²) < 4.78 is 22.7. The molecule has 3 aromatic heterocycles. The van der Waals surface area contributed by atoms with Crippen LogP contribution in [0.15, 0.2) is 41.8 Å². The van der Waals surface area contributed by atoms with E-state index in [1.807, 2.05) is 11.8 Å². The maximum Gasteiger partial charge on any atom is 0.331 e. The summed E-state index contributed by atoms with van der Waals surface area (Å²) in [6.45, 7) is 11.6. The van der Waals surface area contributed by atoms with E-state index in [-0.39, 0.29) is 11.9 Å². The van der Waals surface area contributed by atoms with Gasteiger partial charge in [0.15, 0.2) is 5.65 Å². The SMILES string of the molecule is CCc1cc(C(=O)N2CCc3ccsc3C2C)nc2cc(-c3ccc([B]OC(C)(C)C(C)(C)O)cc3F)nn12. The maximum atomic E-state index is 15.2. The lowest BCUT2D eigenvalue weighted by molar-refractivity contribution is -0.0893. The van der Waals surface area contributed by atoms with Crippen molar-refractivity contribution < 1.29 is 18.9 Å². The van der Waals surface area contributed by atoms with Crippen LogP contribution in [0.4, 0.5) is 4.39 Å². The van der Waals surface area contributed by atoms with E-state index in [1.165, 1.54) is 24.0 Å². The number of nitrogens with zero attached hydrogens (tertiary/aromatic N) is 4. The van der Waals surface area contributed by atoms with Gasteiger partial charge in [-0.3, -0.25) is 4.79 Å². The van der Waals surface area contributed by atoms with Crippen LogP contribution in [0.5, 0.6) is 0 Å². The zero-order valence-electron chi connectivity index (χ0n) is 23.2. The Hall–Kier alpha value is -3.08. The average Bonchev–Trinajstić information content (AvgIpc) is 3.54. The number of aromatic nitrogens is 3. The van der Waals surface area contributed by atoms with Gasteiger partial charge in [-0.2, -0.15) is 5.10 Å². The Morgan fingerprint density at radius 3 is 2.69 bits per heavy atom. The fourth-order valence-corrected chi connectivity index (χ4v) is 5.65. The molecule has 0 spiro atoms. The Kier molecular flexibility index (Phi) is 7.16. The van der Waals surface area contributed by atoms with E-state index in [0.29, 0.717) is 41.0 Å². The molecule has 4 aromatic rings. The van der Waals surface area contributed by atoms with Gasteiger partial charge in [0.05, 0.1) is 22.9 Å². The van der Waals surface area contributed by atoms with Gasteiger partial charge in [0.25, 0.3) is 5.91 Å². The van der Waals surface area contributed by atoms with Crippen LogP contribution in [0.3, 0.4) is 0 Å². The molecular formula is C29H33BFN4O3S. The number of amides is 1. The van der Waals surface area contributed by atoms with Crippen molar-refractivity contribution in [3.05, 3.63) is 69.4 Å². The molecule has 0 saturated carbocycles. The molecule has 1 aromatic carbocycles. The normalized spacial score (nSPS) is 16.0. The Labute approximate surface area is 232 Å². The Balaban J connectivity index is 1.42. The van der Waals surface area contributed by atoms with E-state index in [1.54, 1.807) is 67.8 Å². The minimum atomic E-state index is -1.08. The molecule has 7 nitrogen and oxygen atoms in total. The summed E-state index contributed by atoms with van der Waals surface area (Å²) in [5.41, 5.74) is 2.34. The van der Waals surface area contributed by atoms with Crippen molar-refractivity contribution in [3.8, 4) is 11.3 Å². The maximum absolute atomic E-state index is 15.2. The smallest absolute Gasteiger partial charge is 0.331 e. The number of benzene rings is 1. The number of aryl methyl sites for hydroxylation is 1. The zero-order chi connectivity index (χ0) is 28.1. The van der Waals surface area contributed by atoms with E-state index in [9.17, 15) is 9.90 Å². The standard InChI is InChI=1S/C29H33BFN4O3S/c1-7-20-15-24(27(36)34-12-10-18-11-13-39-26(18)17(34)2)32-25-16-23(33-35(20)25)21-9-8-19(14-22(21)31)30-38-29(5,6)28(3,4)37/h8-9,11,13-17,37H,7,10,12H2,1-6H3. The summed E-state index contributed by atoms with van der Waals surface area (Å²) in [6, 6.07) is 10.4. The van der Waals surface area contributed by atoms with Crippen LogP contribution < -0.4 is 5.46 Å². The van der Waals surface area contributed by atoms with Gasteiger partial charge in [-0.1, -0.05) is 24.5 Å². The molecule has 4 heterocycles. The highest BCUT2D eigenvalue weighted by molar-refractivity contribution is 7.10. The number of hydrogen-bond acceptors (Lipinski definition) is 6. The Bertz CT molecular complexity index is 1540. The first-order valence-corrected chi connectivity index (χ1v) is 14.1. The second-order valence-electron chi connectivity index (χ2n) is 11.1. The fraction of sp³-hybridized carbons (Fsp3) is 0.414. The summed E-state index contributed by atoms with van der Waals surface area (Å²) in [5.74, 6) is -0.568. The van der Waals surface area contributed by atoms with Crippen molar-refractivity contribution in [3.63, 3.8) is 0 Å². The second kappa shape index (κ2) is 10.2. The third kappa shape index (κ3) is 5.13. The number of hydrogen-bond donors (Lipinski definition) is 1. The third-order valence-electron chi connectivity index (χ3n) is 7.82. The third-order valence-corrected chi connectivity index (χ3v) is 8.95. The van der Waals surface area contributed by atoms with E-state index < -0.39 is 17.0 Å². The van der Waals surface area contributed by atoms with Gasteiger partial charge in [-0.05, 0) is 76.6 Å². The summed E-state index contributed by atoms with van der Waals surface area (Å²) in [6.07, 6.45) is 1.47. The van der Waals surface area contributed by atoms with Gasteiger partial charge in [0.2, 0.25) is 0 Å². The van der Waals surface area contributed by atoms with Gasteiger partial charge >= 0.3 is 7.48 Å². The van der Waals surface area contributed by atoms with Crippen molar-refractivity contribution in [2.75, 3.05) is 6.54 Å². The molecule has 203 valence electrons. The van der Waals surface area contributed by atoms with Crippen LogP contribution in [0.1, 0.15) is 74.2 Å². The highest BCUT2D eigenvalue weighted by Crippen LogP contribution is 2.34. The summed E-state index contributed by atoms with van der Waals surface area (Å²) >= 11 is 1.68. The monoisotopic (exact) mass is 547 g/mol. The van der Waals surface area contributed by atoms with Gasteiger partial charge < -0.3 is 14.7 Å². The van der Waals surface area contributed by atoms with Crippen LogP contribution >= 0.6 is 11.3 Å². The summed E-state index contributed by atoms with van der Waals surface area (Å²) in [4.78, 5) is 21.3. The largest absolute Gasteiger partial charge is 0.427 e. The summed E-state index contributed by atoms with van der Waals surface area (Å²) in [7, 11) is 1.45. The van der Waals surface area contributed by atoms with Crippen molar-refractivity contribution in [2.45, 2.75) is 71.6 Å². The number of aliphatic hydroxyl groups is 1. The topological polar surface area (TPSA) is 80.0 Å². The molecule has 1 aliphatic rings. The number of fused-ring (bicyclic) bond motifs is 2. The zero-order valence-corrected chi connectivity index (χ0v) is 24.0. The molecular weight excluding hydrogens is 514 g/mol. The highest BCUT2D eigenvalue weighted by Gasteiger charge is 2.36. The molecule has 1 aliphatic heterocycles. The average molecular weight is 547 g/mol. The van der Waals surface area contributed by atoms with Crippen molar-refractivity contribution in [1.82, 2.24) is 19.5 Å². The molecule has 1 amide bonds. The van der Waals surface area contributed by atoms with Crippen LogP contribution in [0, 0.1) is 5.82 Å². The number of thiophene rings is 1. The number of carbonyl (C=O) groups excluding carboxylic acids is 1. The minimum absolute atomic E-state index is 0.00718. The molecule has 1 unspecified atom stereocenters. The molecule has 1 atom stereocenters. The Morgan fingerprint density at radius 2 is 2.00 bits per heavy atom. The molecule has 0 bridgehead atoms. The predicted molar refractivity (Wildman–Crippen MR) is 152 cm³/mol. The molecule has 0 saturated heterocycles. The van der Waals surface area contributed by atoms with E-state index in [4.69, 9.17) is 4.65 Å². The van der Waals surface area contributed by atoms with Gasteiger partial charge in [-0.15, -0.1) is 11.3 Å². The molecule has 10 heteroatoms. The van der Waals surface area contributed by atoms with Crippen molar-refractivity contribution >= 4 is 35.8 Å². The fourth-order valence-electron chi connectivity index (χ4n) is 4.62. The first-order valence-electron chi connectivity index (χ1n) is 13.2. The van der Waals surface area contributed by atoms with E-state index in [2.05, 4.69) is 28.5 Å². The van der Waals surface area contributed by atoms with Gasteiger partial charge in [0, 0.05) is 28.7 Å². The lowest BCUT2D eigenvalue weighted by atomic mass is 9.82. The lowest BCUT2D eigenvalue weighted by Crippen LogP contribution is -2.49. The molecule has 5 rings (SSSR count). The lowest BCUT2D eigenvalue weighted by Gasteiger charge is -2.37. The number of halogens is 1. The number of carbonyl (C=O) groups is 1. The molecule has 1 N–H and O–H groups in total. The van der Waals surface area contributed by atoms with Crippen LogP contribution in [0.2, 0.25) is 0 Å². The first kappa shape index (κ1) is 27.5. The summed E-state index contributed by atoms with van der Waals surface area (Å²) in [5, 5.41) is 17.0. The molecule has 0 aliphatic carbocycles. The number of rotatable bonds is 7. The predicted octanol–water partition coefficient (Wildman–Crippen LogP) is 4.73. The van der Waals surface area contributed by atoms with E-state index >= 15 is 4.39 Å². The van der Waals surface area contributed by atoms with Crippen LogP contribution in [-0.4, -0.2) is 55.7 Å². The Morgan fingerprint density at radius 1 is 1.23 bits per heavy atom. The van der Waals surface area contributed by atoms with Crippen LogP contribution in [-0.2, 0) is 17.5 Å². The second-order valence-corrected chi connectivity index (χ2v) is 12.0. The molecule has 39 heavy (non-hydrogen) atoms. The molecule has 0 fully saturated rings. The van der Waals surface area contributed by atoms with Gasteiger partial charge in [0.1, 0.15) is 11.5 Å².